The van der Waals surface area contributed by atoms with Crippen molar-refractivity contribution in [1.29, 1.82) is 0 Å². The Kier molecular flexibility index (Phi) is 6.46. The smallest absolute Gasteiger partial charge is 0.240 e. The summed E-state index contributed by atoms with van der Waals surface area (Å²) in [4.78, 5) is 15.2. The number of benzene rings is 1. The SMILES string of the molecule is CCCCN1CCCCC1(C)C(=O)NCc1ccc(OC)cc1. The Bertz CT molecular complexity index is 501. The van der Waals surface area contributed by atoms with Crippen molar-refractivity contribution in [1.82, 2.24) is 10.2 Å². The summed E-state index contributed by atoms with van der Waals surface area (Å²) in [5, 5.41) is 3.13. The van der Waals surface area contributed by atoms with Crippen molar-refractivity contribution in [3.63, 3.8) is 0 Å². The predicted molar refractivity (Wildman–Crippen MR) is 93.6 cm³/mol. The van der Waals surface area contributed by atoms with Gasteiger partial charge in [0.1, 0.15) is 5.75 Å². The summed E-state index contributed by atoms with van der Waals surface area (Å²) in [6, 6.07) is 7.85. The molecule has 2 rings (SSSR count). The summed E-state index contributed by atoms with van der Waals surface area (Å²) in [5.41, 5.74) is 0.735. The molecule has 1 N–H and O–H groups in total. The highest BCUT2D eigenvalue weighted by Gasteiger charge is 2.40. The lowest BCUT2D eigenvalue weighted by atomic mass is 9.87. The second-order valence-corrected chi connectivity index (χ2v) is 6.60. The number of methoxy groups -OCH3 is 1. The molecule has 128 valence electrons. The summed E-state index contributed by atoms with van der Waals surface area (Å²) in [7, 11) is 1.66. The van der Waals surface area contributed by atoms with Crippen LogP contribution in [0, 0.1) is 0 Å². The van der Waals surface area contributed by atoms with Crippen LogP contribution in [0.2, 0.25) is 0 Å². The molecule has 0 saturated carbocycles. The van der Waals surface area contributed by atoms with E-state index in [1.54, 1.807) is 7.11 Å². The first-order chi connectivity index (χ1) is 11.1. The zero-order valence-corrected chi connectivity index (χ0v) is 14.7. The van der Waals surface area contributed by atoms with E-state index < -0.39 is 0 Å². The van der Waals surface area contributed by atoms with Gasteiger partial charge in [0.15, 0.2) is 0 Å². The monoisotopic (exact) mass is 318 g/mol. The predicted octanol–water partition coefficient (Wildman–Crippen LogP) is 3.36. The zero-order chi connectivity index (χ0) is 16.7. The minimum Gasteiger partial charge on any atom is -0.497 e. The average Bonchev–Trinajstić information content (AvgIpc) is 2.59. The molecule has 1 atom stereocenters. The largest absolute Gasteiger partial charge is 0.497 e. The van der Waals surface area contributed by atoms with Gasteiger partial charge in [-0.2, -0.15) is 0 Å². The summed E-state index contributed by atoms with van der Waals surface area (Å²) in [6.07, 6.45) is 5.60. The van der Waals surface area contributed by atoms with Gasteiger partial charge in [0.05, 0.1) is 12.6 Å². The molecule has 4 nitrogen and oxygen atoms in total. The van der Waals surface area contributed by atoms with E-state index in [4.69, 9.17) is 4.74 Å². The van der Waals surface area contributed by atoms with E-state index in [0.717, 1.165) is 43.7 Å². The molecule has 1 fully saturated rings. The minimum atomic E-state index is -0.361. The number of carbonyl (C=O) groups is 1. The molecule has 1 aromatic rings. The number of piperidine rings is 1. The van der Waals surface area contributed by atoms with Crippen molar-refractivity contribution in [2.75, 3.05) is 20.2 Å². The molecule has 0 bridgehead atoms. The topological polar surface area (TPSA) is 41.6 Å². The van der Waals surface area contributed by atoms with E-state index in [1.807, 2.05) is 24.3 Å². The van der Waals surface area contributed by atoms with Gasteiger partial charge in [-0.3, -0.25) is 9.69 Å². The van der Waals surface area contributed by atoms with E-state index in [1.165, 1.54) is 12.8 Å². The quantitative estimate of drug-likeness (QED) is 0.838. The van der Waals surface area contributed by atoms with Crippen LogP contribution >= 0.6 is 0 Å². The molecular formula is C19H30N2O2. The highest BCUT2D eigenvalue weighted by atomic mass is 16.5. The van der Waals surface area contributed by atoms with Crippen molar-refractivity contribution in [3.05, 3.63) is 29.8 Å². The van der Waals surface area contributed by atoms with Gasteiger partial charge in [-0.05, 0) is 63.4 Å². The van der Waals surface area contributed by atoms with Crippen LogP contribution in [0.5, 0.6) is 5.75 Å². The first kappa shape index (κ1) is 17.8. The van der Waals surface area contributed by atoms with Crippen molar-refractivity contribution < 1.29 is 9.53 Å². The zero-order valence-electron chi connectivity index (χ0n) is 14.7. The van der Waals surface area contributed by atoms with Gasteiger partial charge in [0.2, 0.25) is 5.91 Å². The van der Waals surface area contributed by atoms with Gasteiger partial charge in [-0.25, -0.2) is 0 Å². The van der Waals surface area contributed by atoms with Gasteiger partial charge in [0.25, 0.3) is 0 Å². The fourth-order valence-electron chi connectivity index (χ4n) is 3.26. The normalized spacial score (nSPS) is 21.9. The number of likely N-dealkylation sites (tertiary alicyclic amines) is 1. The Morgan fingerprint density at radius 3 is 2.70 bits per heavy atom. The molecule has 1 aliphatic rings. The Labute approximate surface area is 140 Å². The fourth-order valence-corrected chi connectivity index (χ4v) is 3.26. The molecule has 0 aromatic heterocycles. The second-order valence-electron chi connectivity index (χ2n) is 6.60. The van der Waals surface area contributed by atoms with Gasteiger partial charge in [0, 0.05) is 6.54 Å². The standard InChI is InChI=1S/C19H30N2O2/c1-4-5-13-21-14-7-6-12-19(21,2)18(22)20-15-16-8-10-17(23-3)11-9-16/h8-11H,4-7,12-15H2,1-3H3,(H,20,22). The van der Waals surface area contributed by atoms with Crippen LogP contribution in [-0.2, 0) is 11.3 Å². The summed E-state index contributed by atoms with van der Waals surface area (Å²) < 4.78 is 5.16. The Morgan fingerprint density at radius 2 is 2.04 bits per heavy atom. The molecule has 0 aliphatic carbocycles. The van der Waals surface area contributed by atoms with E-state index in [-0.39, 0.29) is 11.4 Å². The maximum atomic E-state index is 12.8. The lowest BCUT2D eigenvalue weighted by molar-refractivity contribution is -0.135. The van der Waals surface area contributed by atoms with Crippen molar-refractivity contribution in [3.8, 4) is 5.75 Å². The number of amides is 1. The minimum absolute atomic E-state index is 0.157. The van der Waals surface area contributed by atoms with Crippen molar-refractivity contribution in [2.45, 2.75) is 58.0 Å². The lowest BCUT2D eigenvalue weighted by Crippen LogP contribution is -2.59. The van der Waals surface area contributed by atoms with Crippen LogP contribution < -0.4 is 10.1 Å². The number of nitrogens with zero attached hydrogens (tertiary/aromatic N) is 1. The van der Waals surface area contributed by atoms with E-state index in [9.17, 15) is 4.79 Å². The average molecular weight is 318 g/mol. The molecule has 1 heterocycles. The third kappa shape index (κ3) is 4.47. The summed E-state index contributed by atoms with van der Waals surface area (Å²) in [6.45, 7) is 6.92. The molecular weight excluding hydrogens is 288 g/mol. The number of unbranched alkanes of at least 4 members (excludes halogenated alkanes) is 1. The number of nitrogens with one attached hydrogen (secondary N) is 1. The highest BCUT2D eigenvalue weighted by Crippen LogP contribution is 2.28. The van der Waals surface area contributed by atoms with Crippen LogP contribution in [-0.4, -0.2) is 36.5 Å². The Hall–Kier alpha value is -1.55. The molecule has 1 aliphatic heterocycles. The van der Waals surface area contributed by atoms with Crippen LogP contribution in [0.3, 0.4) is 0 Å². The summed E-state index contributed by atoms with van der Waals surface area (Å²) >= 11 is 0. The van der Waals surface area contributed by atoms with Gasteiger partial charge in [-0.15, -0.1) is 0 Å². The second kappa shape index (κ2) is 8.34. The molecule has 1 aromatic carbocycles. The van der Waals surface area contributed by atoms with E-state index in [0.29, 0.717) is 6.54 Å². The van der Waals surface area contributed by atoms with Crippen LogP contribution in [0.4, 0.5) is 0 Å². The molecule has 1 unspecified atom stereocenters. The van der Waals surface area contributed by atoms with Crippen molar-refractivity contribution >= 4 is 5.91 Å². The molecule has 0 spiro atoms. The highest BCUT2D eigenvalue weighted by molar-refractivity contribution is 5.86. The third-order valence-electron chi connectivity index (χ3n) is 4.92. The van der Waals surface area contributed by atoms with E-state index in [2.05, 4.69) is 24.1 Å². The molecule has 23 heavy (non-hydrogen) atoms. The van der Waals surface area contributed by atoms with Crippen molar-refractivity contribution in [2.24, 2.45) is 0 Å². The summed E-state index contributed by atoms with van der Waals surface area (Å²) in [5.74, 6) is 0.995. The Balaban J connectivity index is 1.95. The fraction of sp³-hybridized carbons (Fsp3) is 0.632. The maximum absolute atomic E-state index is 12.8. The van der Waals surface area contributed by atoms with Gasteiger partial charge in [-0.1, -0.05) is 25.5 Å². The van der Waals surface area contributed by atoms with E-state index >= 15 is 0 Å². The maximum Gasteiger partial charge on any atom is 0.240 e. The first-order valence-corrected chi connectivity index (χ1v) is 8.76. The number of hydrogen-bond donors (Lipinski definition) is 1. The molecule has 1 saturated heterocycles. The number of rotatable bonds is 7. The Morgan fingerprint density at radius 1 is 1.30 bits per heavy atom. The number of hydrogen-bond acceptors (Lipinski definition) is 3. The first-order valence-electron chi connectivity index (χ1n) is 8.76. The third-order valence-corrected chi connectivity index (χ3v) is 4.92. The number of ether oxygens (including phenoxy) is 1. The molecule has 4 heteroatoms. The number of carbonyl (C=O) groups excluding carboxylic acids is 1. The van der Waals surface area contributed by atoms with Gasteiger partial charge < -0.3 is 10.1 Å². The molecule has 0 radical (unpaired) electrons. The van der Waals surface area contributed by atoms with Crippen LogP contribution in [0.15, 0.2) is 24.3 Å². The molecule has 1 amide bonds. The van der Waals surface area contributed by atoms with Crippen LogP contribution in [0.25, 0.3) is 0 Å². The lowest BCUT2D eigenvalue weighted by Gasteiger charge is -2.43. The van der Waals surface area contributed by atoms with Gasteiger partial charge >= 0.3 is 0 Å². The van der Waals surface area contributed by atoms with Crippen LogP contribution in [0.1, 0.15) is 51.5 Å².